The third-order valence-corrected chi connectivity index (χ3v) is 3.71. The predicted octanol–water partition coefficient (Wildman–Crippen LogP) is 3.77. The van der Waals surface area contributed by atoms with Crippen molar-refractivity contribution >= 4 is 0 Å². The zero-order chi connectivity index (χ0) is 14.8. The molecule has 0 saturated heterocycles. The van der Waals surface area contributed by atoms with Gasteiger partial charge in [0.25, 0.3) is 0 Å². The molecule has 21 heavy (non-hydrogen) atoms. The Kier molecular flexibility index (Phi) is 3.60. The van der Waals surface area contributed by atoms with Gasteiger partial charge in [-0.05, 0) is 25.5 Å². The Bertz CT molecular complexity index is 755. The van der Waals surface area contributed by atoms with Gasteiger partial charge in [0.1, 0.15) is 17.3 Å². The normalized spacial score (nSPS) is 11.0. The van der Waals surface area contributed by atoms with E-state index >= 15 is 0 Å². The minimum Gasteiger partial charge on any atom is -0.441 e. The van der Waals surface area contributed by atoms with Crippen LogP contribution in [0.4, 0.5) is 0 Å². The highest BCUT2D eigenvalue weighted by Crippen LogP contribution is 2.25. The van der Waals surface area contributed by atoms with Crippen LogP contribution < -0.4 is 0 Å². The van der Waals surface area contributed by atoms with Crippen molar-refractivity contribution in [3.63, 3.8) is 0 Å². The lowest BCUT2D eigenvalue weighted by Crippen LogP contribution is -2.04. The Morgan fingerprint density at radius 1 is 1.19 bits per heavy atom. The summed E-state index contributed by atoms with van der Waals surface area (Å²) < 4.78 is 7.98. The first kappa shape index (κ1) is 13.6. The number of benzene rings is 1. The Balaban J connectivity index is 1.94. The largest absolute Gasteiger partial charge is 0.441 e. The van der Waals surface area contributed by atoms with E-state index in [1.165, 1.54) is 5.56 Å². The Hall–Kier alpha value is -2.36. The molecule has 0 radical (unpaired) electrons. The number of hydrogen-bond acceptors (Lipinski definition) is 3. The van der Waals surface area contributed by atoms with E-state index < -0.39 is 0 Å². The number of aryl methyl sites for hydroxylation is 3. The molecule has 4 heteroatoms. The summed E-state index contributed by atoms with van der Waals surface area (Å²) in [4.78, 5) is 9.02. The highest BCUT2D eigenvalue weighted by atomic mass is 16.4. The van der Waals surface area contributed by atoms with E-state index in [-0.39, 0.29) is 0 Å². The van der Waals surface area contributed by atoms with Gasteiger partial charge in [-0.3, -0.25) is 0 Å². The molecular weight excluding hydrogens is 262 g/mol. The smallest absolute Gasteiger partial charge is 0.226 e. The van der Waals surface area contributed by atoms with Crippen LogP contribution in [0.3, 0.4) is 0 Å². The van der Waals surface area contributed by atoms with E-state index in [2.05, 4.69) is 34.4 Å². The van der Waals surface area contributed by atoms with Crippen LogP contribution in [0, 0.1) is 13.8 Å². The van der Waals surface area contributed by atoms with Crippen molar-refractivity contribution in [3.05, 3.63) is 59.5 Å². The number of nitrogens with zero attached hydrogens (tertiary/aromatic N) is 3. The third kappa shape index (κ3) is 2.61. The van der Waals surface area contributed by atoms with E-state index in [1.54, 1.807) is 0 Å². The van der Waals surface area contributed by atoms with Gasteiger partial charge < -0.3 is 8.98 Å². The lowest BCUT2D eigenvalue weighted by Gasteiger charge is -2.03. The first-order chi connectivity index (χ1) is 10.2. The second-order valence-corrected chi connectivity index (χ2v) is 5.16. The molecule has 3 rings (SSSR count). The second-order valence-electron chi connectivity index (χ2n) is 5.16. The standard InChI is InChI=1S/C17H19N3O/c1-4-16-18-9-10-20(16)11-15-13(3)21-17(19-15)14-8-6-5-7-12(14)2/h5-10H,4,11H2,1-3H3. The lowest BCUT2D eigenvalue weighted by atomic mass is 10.1. The van der Waals surface area contributed by atoms with Crippen LogP contribution >= 0.6 is 0 Å². The second kappa shape index (κ2) is 5.56. The summed E-state index contributed by atoms with van der Waals surface area (Å²) in [5.41, 5.74) is 3.18. The maximum atomic E-state index is 5.86. The lowest BCUT2D eigenvalue weighted by molar-refractivity contribution is 0.537. The average molecular weight is 281 g/mol. The number of imidazole rings is 1. The summed E-state index contributed by atoms with van der Waals surface area (Å²) in [6, 6.07) is 8.14. The Morgan fingerprint density at radius 3 is 2.76 bits per heavy atom. The van der Waals surface area contributed by atoms with Gasteiger partial charge in [-0.2, -0.15) is 0 Å². The molecule has 0 bridgehead atoms. The highest BCUT2D eigenvalue weighted by Gasteiger charge is 2.14. The first-order valence-corrected chi connectivity index (χ1v) is 7.21. The molecule has 0 spiro atoms. The molecule has 0 aliphatic heterocycles. The van der Waals surface area contributed by atoms with E-state index in [0.717, 1.165) is 29.3 Å². The van der Waals surface area contributed by atoms with Gasteiger partial charge in [-0.25, -0.2) is 9.97 Å². The van der Waals surface area contributed by atoms with Gasteiger partial charge in [0.05, 0.1) is 6.54 Å². The molecule has 0 unspecified atom stereocenters. The molecule has 0 saturated carbocycles. The average Bonchev–Trinajstić information content (AvgIpc) is 3.07. The van der Waals surface area contributed by atoms with Gasteiger partial charge >= 0.3 is 0 Å². The Labute approximate surface area is 124 Å². The van der Waals surface area contributed by atoms with Crippen LogP contribution in [0.1, 0.15) is 29.8 Å². The van der Waals surface area contributed by atoms with Crippen LogP contribution in [-0.4, -0.2) is 14.5 Å². The highest BCUT2D eigenvalue weighted by molar-refractivity contribution is 5.58. The zero-order valence-corrected chi connectivity index (χ0v) is 12.6. The number of rotatable bonds is 4. The SMILES string of the molecule is CCc1nccn1Cc1nc(-c2ccccc2C)oc1C. The van der Waals surface area contributed by atoms with E-state index in [4.69, 9.17) is 4.42 Å². The van der Waals surface area contributed by atoms with Crippen LogP contribution in [0.5, 0.6) is 0 Å². The first-order valence-electron chi connectivity index (χ1n) is 7.21. The van der Waals surface area contributed by atoms with Gasteiger partial charge in [-0.15, -0.1) is 0 Å². The van der Waals surface area contributed by atoms with Gasteiger partial charge in [0.2, 0.25) is 5.89 Å². The number of aromatic nitrogens is 3. The minimum atomic E-state index is 0.693. The predicted molar refractivity (Wildman–Crippen MR) is 82.1 cm³/mol. The number of hydrogen-bond donors (Lipinski definition) is 0. The van der Waals surface area contributed by atoms with Crippen molar-refractivity contribution in [2.24, 2.45) is 0 Å². The minimum absolute atomic E-state index is 0.693. The molecule has 0 aliphatic carbocycles. The summed E-state index contributed by atoms with van der Waals surface area (Å²) in [6.07, 6.45) is 4.73. The van der Waals surface area contributed by atoms with Crippen LogP contribution in [0.2, 0.25) is 0 Å². The summed E-state index contributed by atoms with van der Waals surface area (Å²) in [5, 5.41) is 0. The summed E-state index contributed by atoms with van der Waals surface area (Å²) in [6.45, 7) is 6.84. The van der Waals surface area contributed by atoms with E-state index in [0.29, 0.717) is 12.4 Å². The molecule has 0 aliphatic rings. The quantitative estimate of drug-likeness (QED) is 0.731. The molecule has 4 nitrogen and oxygen atoms in total. The van der Waals surface area contributed by atoms with Crippen molar-refractivity contribution in [3.8, 4) is 11.5 Å². The van der Waals surface area contributed by atoms with Gasteiger partial charge in [0, 0.05) is 24.4 Å². The number of oxazole rings is 1. The fourth-order valence-electron chi connectivity index (χ4n) is 2.46. The monoisotopic (exact) mass is 281 g/mol. The maximum Gasteiger partial charge on any atom is 0.226 e. The van der Waals surface area contributed by atoms with Gasteiger partial charge in [0.15, 0.2) is 0 Å². The molecule has 2 aromatic heterocycles. The molecule has 0 fully saturated rings. The maximum absolute atomic E-state index is 5.86. The van der Waals surface area contributed by atoms with E-state index in [1.807, 2.05) is 37.5 Å². The molecule has 0 N–H and O–H groups in total. The summed E-state index contributed by atoms with van der Waals surface area (Å²) in [5.74, 6) is 2.62. The van der Waals surface area contributed by atoms with Crippen LogP contribution in [0.25, 0.3) is 11.5 Å². The fraction of sp³-hybridized carbons (Fsp3) is 0.294. The molecule has 1 aromatic carbocycles. The van der Waals surface area contributed by atoms with Crippen molar-refractivity contribution < 1.29 is 4.42 Å². The van der Waals surface area contributed by atoms with Crippen molar-refractivity contribution in [1.29, 1.82) is 0 Å². The summed E-state index contributed by atoms with van der Waals surface area (Å²) >= 11 is 0. The molecule has 2 heterocycles. The zero-order valence-electron chi connectivity index (χ0n) is 12.6. The fourth-order valence-corrected chi connectivity index (χ4v) is 2.46. The molecule has 3 aromatic rings. The van der Waals surface area contributed by atoms with Gasteiger partial charge in [-0.1, -0.05) is 25.1 Å². The molecule has 0 atom stereocenters. The van der Waals surface area contributed by atoms with Crippen molar-refractivity contribution in [1.82, 2.24) is 14.5 Å². The molecule has 0 amide bonds. The topological polar surface area (TPSA) is 43.9 Å². The summed E-state index contributed by atoms with van der Waals surface area (Å²) in [7, 11) is 0. The van der Waals surface area contributed by atoms with Crippen LogP contribution in [0.15, 0.2) is 41.1 Å². The molecular formula is C17H19N3O. The van der Waals surface area contributed by atoms with E-state index in [9.17, 15) is 0 Å². The van der Waals surface area contributed by atoms with Crippen molar-refractivity contribution in [2.45, 2.75) is 33.7 Å². The van der Waals surface area contributed by atoms with Crippen molar-refractivity contribution in [2.75, 3.05) is 0 Å². The molecule has 108 valence electrons. The third-order valence-electron chi connectivity index (χ3n) is 3.71. The Morgan fingerprint density at radius 2 is 2.00 bits per heavy atom. The van der Waals surface area contributed by atoms with Crippen LogP contribution in [-0.2, 0) is 13.0 Å².